The smallest absolute Gasteiger partial charge is 0.274 e. The molecule has 20 heavy (non-hydrogen) atoms. The molecule has 114 valence electrons. The van der Waals surface area contributed by atoms with Crippen molar-refractivity contribution < 1.29 is 17.6 Å². The Hall–Kier alpha value is -0.890. The first-order chi connectivity index (χ1) is 9.31. The van der Waals surface area contributed by atoms with Crippen molar-refractivity contribution >= 4 is 10.0 Å². The Morgan fingerprint density at radius 2 is 2.15 bits per heavy atom. The zero-order valence-electron chi connectivity index (χ0n) is 12.1. The van der Waals surface area contributed by atoms with Crippen LogP contribution in [0.3, 0.4) is 0 Å². The molecule has 2 heterocycles. The largest absolute Gasteiger partial charge is 0.447 e. The van der Waals surface area contributed by atoms with Crippen LogP contribution in [0, 0.1) is 0 Å². The summed E-state index contributed by atoms with van der Waals surface area (Å²) in [6, 6.07) is 3.48. The van der Waals surface area contributed by atoms with Crippen molar-refractivity contribution in [1.82, 2.24) is 10.0 Å². The lowest BCUT2D eigenvalue weighted by Crippen LogP contribution is -2.46. The highest BCUT2D eigenvalue weighted by atomic mass is 32.2. The number of sulfonamides is 1. The van der Waals surface area contributed by atoms with Gasteiger partial charge in [0.2, 0.25) is 5.09 Å². The van der Waals surface area contributed by atoms with E-state index in [1.54, 1.807) is 6.07 Å². The number of nitrogens with one attached hydrogen (secondary N) is 2. The van der Waals surface area contributed by atoms with Gasteiger partial charge in [-0.25, -0.2) is 13.1 Å². The molecule has 1 unspecified atom stereocenters. The second-order valence-electron chi connectivity index (χ2n) is 5.73. The fraction of sp³-hybridized carbons (Fsp3) is 0.692. The average molecular weight is 302 g/mol. The first kappa shape index (κ1) is 15.5. The molecule has 1 aromatic heterocycles. The molecule has 0 radical (unpaired) electrons. The Morgan fingerprint density at radius 3 is 2.75 bits per heavy atom. The van der Waals surface area contributed by atoms with Crippen LogP contribution in [0.5, 0.6) is 0 Å². The van der Waals surface area contributed by atoms with Gasteiger partial charge in [-0.1, -0.05) is 13.8 Å². The Balaban J connectivity index is 2.06. The monoisotopic (exact) mass is 302 g/mol. The minimum Gasteiger partial charge on any atom is -0.447 e. The number of rotatable bonds is 6. The van der Waals surface area contributed by atoms with Crippen molar-refractivity contribution in [3.05, 3.63) is 17.9 Å². The highest BCUT2D eigenvalue weighted by Gasteiger charge is 2.35. The fourth-order valence-corrected chi connectivity index (χ4v) is 3.40. The second-order valence-corrected chi connectivity index (χ2v) is 7.34. The molecule has 7 heteroatoms. The lowest BCUT2D eigenvalue weighted by molar-refractivity contribution is 0.178. The second kappa shape index (κ2) is 5.85. The summed E-state index contributed by atoms with van der Waals surface area (Å²) in [5.74, 6) is 0.604. The summed E-state index contributed by atoms with van der Waals surface area (Å²) in [7, 11) is -3.64. The molecular formula is C13H22N2O4S. The predicted molar refractivity (Wildman–Crippen MR) is 74.8 cm³/mol. The zero-order chi connectivity index (χ0) is 14.8. The SMILES string of the molecule is CC(C)NCc1ccc(S(=O)(=O)NC2(C)CCOC2)o1. The minimum atomic E-state index is -3.64. The van der Waals surface area contributed by atoms with Crippen molar-refractivity contribution in [2.75, 3.05) is 13.2 Å². The van der Waals surface area contributed by atoms with E-state index < -0.39 is 15.6 Å². The molecule has 1 fully saturated rings. The van der Waals surface area contributed by atoms with Crippen molar-refractivity contribution in [2.24, 2.45) is 0 Å². The molecule has 1 atom stereocenters. The molecular weight excluding hydrogens is 280 g/mol. The first-order valence-electron chi connectivity index (χ1n) is 6.75. The molecule has 6 nitrogen and oxygen atoms in total. The molecule has 2 N–H and O–H groups in total. The number of hydrogen-bond donors (Lipinski definition) is 2. The molecule has 1 aromatic rings. The van der Waals surface area contributed by atoms with Crippen LogP contribution in [0.1, 0.15) is 33.0 Å². The van der Waals surface area contributed by atoms with E-state index in [1.807, 2.05) is 20.8 Å². The van der Waals surface area contributed by atoms with E-state index in [-0.39, 0.29) is 5.09 Å². The lowest BCUT2D eigenvalue weighted by atomic mass is 10.0. The summed E-state index contributed by atoms with van der Waals surface area (Å²) >= 11 is 0. The van der Waals surface area contributed by atoms with Gasteiger partial charge in [-0.3, -0.25) is 0 Å². The van der Waals surface area contributed by atoms with Gasteiger partial charge in [0.05, 0.1) is 18.7 Å². The molecule has 1 aliphatic heterocycles. The van der Waals surface area contributed by atoms with Gasteiger partial charge >= 0.3 is 0 Å². The van der Waals surface area contributed by atoms with Crippen LogP contribution < -0.4 is 10.0 Å². The van der Waals surface area contributed by atoms with Gasteiger partial charge in [-0.05, 0) is 25.5 Å². The number of hydrogen-bond acceptors (Lipinski definition) is 5. The first-order valence-corrected chi connectivity index (χ1v) is 8.23. The third kappa shape index (κ3) is 3.82. The molecule has 1 aliphatic rings. The fourth-order valence-electron chi connectivity index (χ4n) is 2.02. The molecule has 0 amide bonds. The third-order valence-electron chi connectivity index (χ3n) is 3.19. The Morgan fingerprint density at radius 1 is 1.40 bits per heavy atom. The summed E-state index contributed by atoms with van der Waals surface area (Å²) in [5.41, 5.74) is -0.554. The highest BCUT2D eigenvalue weighted by Crippen LogP contribution is 2.22. The lowest BCUT2D eigenvalue weighted by Gasteiger charge is -2.22. The molecule has 2 rings (SSSR count). The van der Waals surface area contributed by atoms with Gasteiger partial charge in [-0.15, -0.1) is 0 Å². The summed E-state index contributed by atoms with van der Waals surface area (Å²) < 4.78 is 37.8. The van der Waals surface area contributed by atoms with E-state index in [9.17, 15) is 8.42 Å². The minimum absolute atomic E-state index is 0.0498. The molecule has 0 saturated carbocycles. The topological polar surface area (TPSA) is 80.6 Å². The maximum atomic E-state index is 12.3. The van der Waals surface area contributed by atoms with Crippen LogP contribution in [-0.2, 0) is 21.3 Å². The van der Waals surface area contributed by atoms with Gasteiger partial charge in [0.15, 0.2) is 0 Å². The summed E-state index contributed by atoms with van der Waals surface area (Å²) in [4.78, 5) is 0. The normalized spacial score (nSPS) is 23.6. The van der Waals surface area contributed by atoms with E-state index in [0.29, 0.717) is 38.0 Å². The zero-order valence-corrected chi connectivity index (χ0v) is 12.9. The van der Waals surface area contributed by atoms with Crippen molar-refractivity contribution in [3.8, 4) is 0 Å². The molecule has 1 saturated heterocycles. The summed E-state index contributed by atoms with van der Waals surface area (Å²) in [6.45, 7) is 7.33. The molecule has 0 spiro atoms. The van der Waals surface area contributed by atoms with E-state index >= 15 is 0 Å². The van der Waals surface area contributed by atoms with Crippen LogP contribution in [0.4, 0.5) is 0 Å². The maximum Gasteiger partial charge on any atom is 0.274 e. The number of ether oxygens (including phenoxy) is 1. The van der Waals surface area contributed by atoms with Crippen molar-refractivity contribution in [1.29, 1.82) is 0 Å². The molecule has 0 aliphatic carbocycles. The highest BCUT2D eigenvalue weighted by molar-refractivity contribution is 7.89. The van der Waals surface area contributed by atoms with Crippen LogP contribution in [0.15, 0.2) is 21.6 Å². The van der Waals surface area contributed by atoms with Crippen LogP contribution in [-0.4, -0.2) is 33.2 Å². The Bertz CT molecular complexity index is 544. The molecule has 0 aromatic carbocycles. The Kier molecular flexibility index (Phi) is 4.53. The van der Waals surface area contributed by atoms with Gasteiger partial charge in [0, 0.05) is 12.6 Å². The predicted octanol–water partition coefficient (Wildman–Crippen LogP) is 1.23. The third-order valence-corrected chi connectivity index (χ3v) is 4.70. The van der Waals surface area contributed by atoms with Gasteiger partial charge in [-0.2, -0.15) is 0 Å². The van der Waals surface area contributed by atoms with E-state index in [4.69, 9.17) is 9.15 Å². The van der Waals surface area contributed by atoms with Gasteiger partial charge < -0.3 is 14.5 Å². The molecule has 0 bridgehead atoms. The van der Waals surface area contributed by atoms with Crippen LogP contribution >= 0.6 is 0 Å². The van der Waals surface area contributed by atoms with Crippen LogP contribution in [0.25, 0.3) is 0 Å². The van der Waals surface area contributed by atoms with Crippen LogP contribution in [0.2, 0.25) is 0 Å². The summed E-state index contributed by atoms with van der Waals surface area (Å²) in [5, 5.41) is 3.13. The van der Waals surface area contributed by atoms with Gasteiger partial charge in [0.1, 0.15) is 5.76 Å². The average Bonchev–Trinajstić information content (AvgIpc) is 2.95. The van der Waals surface area contributed by atoms with E-state index in [0.717, 1.165) is 0 Å². The van der Waals surface area contributed by atoms with Crippen molar-refractivity contribution in [2.45, 2.75) is 50.4 Å². The van der Waals surface area contributed by atoms with E-state index in [2.05, 4.69) is 10.0 Å². The Labute approximate surface area is 119 Å². The summed E-state index contributed by atoms with van der Waals surface area (Å²) in [6.07, 6.45) is 0.661. The number of furan rings is 1. The standard InChI is InChI=1S/C13H22N2O4S/c1-10(2)14-8-11-4-5-12(19-11)20(16,17)15-13(3)6-7-18-9-13/h4-5,10,14-15H,6-9H2,1-3H3. The quantitative estimate of drug-likeness (QED) is 0.826. The van der Waals surface area contributed by atoms with Gasteiger partial charge in [0.25, 0.3) is 10.0 Å². The van der Waals surface area contributed by atoms with E-state index in [1.165, 1.54) is 6.07 Å². The maximum absolute atomic E-state index is 12.3. The van der Waals surface area contributed by atoms with Crippen molar-refractivity contribution in [3.63, 3.8) is 0 Å².